The van der Waals surface area contributed by atoms with Crippen LogP contribution in [0.5, 0.6) is 0 Å². The summed E-state index contributed by atoms with van der Waals surface area (Å²) in [4.78, 5) is 4.54. The standard InChI is InChI=1S/C12H10N2O3S/c15-18(16)11-4-2-1-3-10(11)12(14-18)13-7-9-5-6-17-8-9/h1-6,8H,7H2,(H,13,14). The van der Waals surface area contributed by atoms with E-state index in [1.54, 1.807) is 42.9 Å². The molecule has 2 heterocycles. The maximum atomic E-state index is 11.8. The molecule has 1 aromatic heterocycles. The van der Waals surface area contributed by atoms with Gasteiger partial charge in [-0.05, 0) is 18.2 Å². The molecule has 1 aliphatic heterocycles. The fourth-order valence-electron chi connectivity index (χ4n) is 1.80. The van der Waals surface area contributed by atoms with Gasteiger partial charge >= 0.3 is 0 Å². The van der Waals surface area contributed by atoms with Crippen LogP contribution in [0.2, 0.25) is 0 Å². The molecule has 18 heavy (non-hydrogen) atoms. The van der Waals surface area contributed by atoms with Crippen molar-refractivity contribution in [2.75, 3.05) is 0 Å². The van der Waals surface area contributed by atoms with Crippen molar-refractivity contribution in [1.82, 2.24) is 4.72 Å². The first kappa shape index (κ1) is 11.0. The molecule has 0 amide bonds. The molecule has 92 valence electrons. The van der Waals surface area contributed by atoms with Crippen molar-refractivity contribution >= 4 is 15.9 Å². The van der Waals surface area contributed by atoms with Crippen molar-refractivity contribution in [3.05, 3.63) is 54.0 Å². The second-order valence-corrected chi connectivity index (χ2v) is 5.55. The molecule has 1 aliphatic rings. The monoisotopic (exact) mass is 262 g/mol. The summed E-state index contributed by atoms with van der Waals surface area (Å²) in [5.41, 5.74) is 1.51. The normalized spacial score (nSPS) is 18.6. The molecule has 0 aliphatic carbocycles. The lowest BCUT2D eigenvalue weighted by molar-refractivity contribution is 0.564. The number of hydrogen-bond donors (Lipinski definition) is 1. The summed E-state index contributed by atoms with van der Waals surface area (Å²) in [7, 11) is -3.45. The molecule has 1 aromatic carbocycles. The third-order valence-electron chi connectivity index (χ3n) is 2.66. The first-order chi connectivity index (χ1) is 8.67. The Kier molecular flexibility index (Phi) is 2.45. The van der Waals surface area contributed by atoms with Gasteiger partial charge in [-0.3, -0.25) is 9.71 Å². The van der Waals surface area contributed by atoms with Crippen LogP contribution in [0, 0.1) is 0 Å². The van der Waals surface area contributed by atoms with Crippen molar-refractivity contribution in [2.24, 2.45) is 4.99 Å². The summed E-state index contributed by atoms with van der Waals surface area (Å²) in [6, 6.07) is 8.57. The van der Waals surface area contributed by atoms with Gasteiger partial charge in [-0.25, -0.2) is 8.42 Å². The highest BCUT2D eigenvalue weighted by Crippen LogP contribution is 2.22. The largest absolute Gasteiger partial charge is 0.472 e. The highest BCUT2D eigenvalue weighted by atomic mass is 32.2. The van der Waals surface area contributed by atoms with E-state index < -0.39 is 10.0 Å². The highest BCUT2D eigenvalue weighted by Gasteiger charge is 2.29. The van der Waals surface area contributed by atoms with Gasteiger partial charge < -0.3 is 4.42 Å². The molecule has 0 radical (unpaired) electrons. The second kappa shape index (κ2) is 3.99. The fourth-order valence-corrected chi connectivity index (χ4v) is 3.06. The molecule has 3 rings (SSSR count). The first-order valence-electron chi connectivity index (χ1n) is 5.34. The van der Waals surface area contributed by atoms with Gasteiger partial charge in [-0.15, -0.1) is 0 Å². The highest BCUT2D eigenvalue weighted by molar-refractivity contribution is 7.90. The molecule has 0 atom stereocenters. The molecule has 0 spiro atoms. The Labute approximate surface area is 104 Å². The van der Waals surface area contributed by atoms with Crippen LogP contribution in [0.15, 0.2) is 57.2 Å². The number of aliphatic imine (C=N–C) groups is 1. The van der Waals surface area contributed by atoms with Crippen molar-refractivity contribution < 1.29 is 12.8 Å². The molecule has 0 fully saturated rings. The lowest BCUT2D eigenvalue weighted by atomic mass is 10.2. The number of benzene rings is 1. The van der Waals surface area contributed by atoms with Crippen molar-refractivity contribution in [2.45, 2.75) is 11.4 Å². The molecule has 2 aromatic rings. The average molecular weight is 262 g/mol. The summed E-state index contributed by atoms with van der Waals surface area (Å²) in [5, 5.41) is 0. The number of hydrogen-bond acceptors (Lipinski definition) is 4. The van der Waals surface area contributed by atoms with E-state index in [0.29, 0.717) is 17.9 Å². The number of nitrogens with one attached hydrogen (secondary N) is 1. The van der Waals surface area contributed by atoms with Gasteiger partial charge in [-0.2, -0.15) is 0 Å². The average Bonchev–Trinajstić information content (AvgIpc) is 2.95. The summed E-state index contributed by atoms with van der Waals surface area (Å²) in [6.07, 6.45) is 3.14. The zero-order chi connectivity index (χ0) is 12.6. The molecular formula is C12H10N2O3S. The quantitative estimate of drug-likeness (QED) is 0.891. The zero-order valence-corrected chi connectivity index (χ0v) is 10.1. The number of amidine groups is 1. The van der Waals surface area contributed by atoms with Gasteiger partial charge in [0.1, 0.15) is 5.84 Å². The molecule has 6 heteroatoms. The smallest absolute Gasteiger partial charge is 0.263 e. The second-order valence-electron chi connectivity index (χ2n) is 3.90. The summed E-state index contributed by atoms with van der Waals surface area (Å²) >= 11 is 0. The van der Waals surface area contributed by atoms with Crippen molar-refractivity contribution in [3.63, 3.8) is 0 Å². The Morgan fingerprint density at radius 2 is 2.06 bits per heavy atom. The van der Waals surface area contributed by atoms with Gasteiger partial charge in [0, 0.05) is 11.1 Å². The van der Waals surface area contributed by atoms with E-state index in [-0.39, 0.29) is 4.90 Å². The van der Waals surface area contributed by atoms with E-state index in [1.807, 2.05) is 0 Å². The van der Waals surface area contributed by atoms with Crippen molar-refractivity contribution in [3.8, 4) is 0 Å². The summed E-state index contributed by atoms with van der Waals surface area (Å²) < 4.78 is 31.0. The predicted molar refractivity (Wildman–Crippen MR) is 65.7 cm³/mol. The van der Waals surface area contributed by atoms with Crippen LogP contribution in [0.3, 0.4) is 0 Å². The lowest BCUT2D eigenvalue weighted by Gasteiger charge is -1.97. The van der Waals surface area contributed by atoms with Crippen LogP contribution < -0.4 is 4.72 Å². The van der Waals surface area contributed by atoms with Crippen LogP contribution in [0.4, 0.5) is 0 Å². The Bertz CT molecular complexity index is 703. The van der Waals surface area contributed by atoms with Gasteiger partial charge in [-0.1, -0.05) is 12.1 Å². The molecule has 0 bridgehead atoms. The first-order valence-corrected chi connectivity index (χ1v) is 6.83. The lowest BCUT2D eigenvalue weighted by Crippen LogP contribution is -2.22. The molecule has 5 nitrogen and oxygen atoms in total. The molecule has 0 saturated heterocycles. The Hall–Kier alpha value is -2.08. The van der Waals surface area contributed by atoms with Crippen LogP contribution >= 0.6 is 0 Å². The van der Waals surface area contributed by atoms with E-state index in [2.05, 4.69) is 9.71 Å². The Morgan fingerprint density at radius 3 is 2.83 bits per heavy atom. The fraction of sp³-hybridized carbons (Fsp3) is 0.0833. The van der Waals surface area contributed by atoms with E-state index in [9.17, 15) is 8.42 Å². The third-order valence-corrected chi connectivity index (χ3v) is 4.06. The third kappa shape index (κ3) is 1.80. The Morgan fingerprint density at radius 1 is 1.22 bits per heavy atom. The van der Waals surface area contributed by atoms with E-state index in [0.717, 1.165) is 5.56 Å². The minimum atomic E-state index is -3.45. The molecule has 0 unspecified atom stereocenters. The number of furan rings is 1. The summed E-state index contributed by atoms with van der Waals surface area (Å²) in [5.74, 6) is 0.381. The zero-order valence-electron chi connectivity index (χ0n) is 9.33. The van der Waals surface area contributed by atoms with Crippen molar-refractivity contribution in [1.29, 1.82) is 0 Å². The number of sulfonamides is 1. The minimum absolute atomic E-state index is 0.274. The molecular weight excluding hydrogens is 252 g/mol. The molecule has 1 N–H and O–H groups in total. The van der Waals surface area contributed by atoms with Gasteiger partial charge in [0.05, 0.1) is 24.0 Å². The number of fused-ring (bicyclic) bond motifs is 1. The maximum Gasteiger partial charge on any atom is 0.263 e. The predicted octanol–water partition coefficient (Wildman–Crippen LogP) is 1.52. The minimum Gasteiger partial charge on any atom is -0.472 e. The number of rotatable bonds is 2. The van der Waals surface area contributed by atoms with Crippen LogP contribution in [-0.4, -0.2) is 14.3 Å². The van der Waals surface area contributed by atoms with Crippen LogP contribution in [-0.2, 0) is 16.6 Å². The Balaban J connectivity index is 1.99. The topological polar surface area (TPSA) is 71.7 Å². The van der Waals surface area contributed by atoms with Gasteiger partial charge in [0.15, 0.2) is 0 Å². The van der Waals surface area contributed by atoms with Gasteiger partial charge in [0.25, 0.3) is 10.0 Å². The molecule has 0 saturated carbocycles. The number of nitrogens with zero attached hydrogens (tertiary/aromatic N) is 1. The summed E-state index contributed by atoms with van der Waals surface area (Å²) in [6.45, 7) is 0.378. The van der Waals surface area contributed by atoms with Crippen LogP contribution in [0.25, 0.3) is 0 Å². The van der Waals surface area contributed by atoms with E-state index in [1.165, 1.54) is 0 Å². The van der Waals surface area contributed by atoms with Gasteiger partial charge in [0.2, 0.25) is 0 Å². The van der Waals surface area contributed by atoms with Crippen LogP contribution in [0.1, 0.15) is 11.1 Å². The maximum absolute atomic E-state index is 11.8. The SMILES string of the molecule is O=S1(=O)NC(=NCc2ccoc2)c2ccccc21. The van der Waals surface area contributed by atoms with E-state index >= 15 is 0 Å². The van der Waals surface area contributed by atoms with E-state index in [4.69, 9.17) is 4.42 Å².